The fraction of sp³-hybridized carbons (Fsp3) is 0.689. The second-order valence-corrected chi connectivity index (χ2v) is 24.8. The van der Waals surface area contributed by atoms with Crippen LogP contribution >= 0.6 is 31.9 Å². The van der Waals surface area contributed by atoms with E-state index in [1.54, 1.807) is 0 Å². The van der Waals surface area contributed by atoms with E-state index in [1.807, 2.05) is 41.5 Å². The van der Waals surface area contributed by atoms with Crippen LogP contribution in [-0.4, -0.2) is 49.7 Å². The molecule has 3 rings (SSSR count). The first-order chi connectivity index (χ1) is 24.6. The minimum Gasteiger partial charge on any atom is -0.465 e. The number of ether oxygens (including phenoxy) is 2. The largest absolute Gasteiger partial charge is 0.465 e. The SMILES string of the molecule is CC(C[C@@H]([C@@H]1C[C@@H](COC(=O)C(C)(C)C)[C@H]([C@H](C)CBr)C[C@H]1O[Si](c1ccccc1)(c1ccccc1)C(C)(C)C)[C@H](CBr)C(C)C)OC(=O)C(C)(C)C. The highest BCUT2D eigenvalue weighted by atomic mass is 79.9. The van der Waals surface area contributed by atoms with Crippen molar-refractivity contribution in [1.82, 2.24) is 0 Å². The van der Waals surface area contributed by atoms with Gasteiger partial charge in [-0.2, -0.15) is 0 Å². The van der Waals surface area contributed by atoms with Gasteiger partial charge in [0.15, 0.2) is 0 Å². The Morgan fingerprint density at radius 2 is 1.25 bits per heavy atom. The fourth-order valence-electron chi connectivity index (χ4n) is 8.46. The summed E-state index contributed by atoms with van der Waals surface area (Å²) in [6, 6.07) is 21.9. The Morgan fingerprint density at radius 1 is 0.736 bits per heavy atom. The predicted molar refractivity (Wildman–Crippen MR) is 231 cm³/mol. The van der Waals surface area contributed by atoms with Gasteiger partial charge in [0.25, 0.3) is 8.32 Å². The Bertz CT molecular complexity index is 1390. The zero-order valence-corrected chi connectivity index (χ0v) is 39.2. The van der Waals surface area contributed by atoms with E-state index < -0.39 is 19.1 Å². The zero-order valence-electron chi connectivity index (χ0n) is 35.0. The standard InChI is InChI=1S/C45H70Br2O5Si/c1-30(2)39(28-47)37(24-32(4)51-42(49)44(8,9)10)38-25-33(29-50-41(48)43(5,6)7)36(31(3)27-46)26-40(38)52-53(45(11,12)13,34-20-16-14-17-21-34)35-22-18-15-19-23-35/h14-23,30-33,36-40H,24-29H2,1-13H3/t31-,32?,33+,36+,37+,38+,39-,40-/m1/s1. The number of alkyl halides is 2. The van der Waals surface area contributed by atoms with Gasteiger partial charge in [-0.25, -0.2) is 0 Å². The van der Waals surface area contributed by atoms with Crippen molar-refractivity contribution < 1.29 is 23.5 Å². The molecule has 1 aliphatic rings. The molecule has 8 atom stereocenters. The molecule has 2 aromatic rings. The second kappa shape index (κ2) is 19.1. The molecule has 53 heavy (non-hydrogen) atoms. The van der Waals surface area contributed by atoms with E-state index >= 15 is 0 Å². The number of halogens is 2. The predicted octanol–water partition coefficient (Wildman–Crippen LogP) is 10.8. The summed E-state index contributed by atoms with van der Waals surface area (Å²) in [7, 11) is -2.94. The molecule has 0 heterocycles. The molecule has 0 aliphatic heterocycles. The lowest BCUT2D eigenvalue weighted by Crippen LogP contribution is -2.69. The third-order valence-electron chi connectivity index (χ3n) is 11.6. The molecule has 298 valence electrons. The number of esters is 2. The molecule has 1 saturated carbocycles. The van der Waals surface area contributed by atoms with Gasteiger partial charge in [0.05, 0.1) is 23.5 Å². The Hall–Kier alpha value is -1.48. The van der Waals surface area contributed by atoms with Crippen LogP contribution in [0.25, 0.3) is 0 Å². The minimum absolute atomic E-state index is 0.0711. The Balaban J connectivity index is 2.29. The van der Waals surface area contributed by atoms with Crippen LogP contribution in [-0.2, 0) is 23.5 Å². The zero-order chi connectivity index (χ0) is 39.9. The van der Waals surface area contributed by atoms with E-state index in [0.717, 1.165) is 29.9 Å². The van der Waals surface area contributed by atoms with E-state index in [4.69, 9.17) is 13.9 Å². The smallest absolute Gasteiger partial charge is 0.311 e. The van der Waals surface area contributed by atoms with Gasteiger partial charge < -0.3 is 13.9 Å². The average molecular weight is 879 g/mol. The molecule has 1 aliphatic carbocycles. The first-order valence-corrected chi connectivity index (χ1v) is 24.0. The molecule has 0 N–H and O–H groups in total. The molecular weight excluding hydrogens is 808 g/mol. The van der Waals surface area contributed by atoms with Crippen molar-refractivity contribution in [1.29, 1.82) is 0 Å². The van der Waals surface area contributed by atoms with E-state index in [0.29, 0.717) is 24.4 Å². The topological polar surface area (TPSA) is 61.8 Å². The van der Waals surface area contributed by atoms with Crippen LogP contribution in [0.4, 0.5) is 0 Å². The van der Waals surface area contributed by atoms with Crippen LogP contribution in [0, 0.1) is 52.3 Å². The molecule has 2 aromatic carbocycles. The molecule has 0 bridgehead atoms. The van der Waals surface area contributed by atoms with Crippen LogP contribution in [0.15, 0.2) is 60.7 Å². The van der Waals surface area contributed by atoms with Gasteiger partial charge >= 0.3 is 11.9 Å². The summed E-state index contributed by atoms with van der Waals surface area (Å²) in [5, 5.41) is 4.05. The minimum atomic E-state index is -2.94. The molecule has 0 spiro atoms. The van der Waals surface area contributed by atoms with Gasteiger partial charge in [-0.05, 0) is 125 Å². The van der Waals surface area contributed by atoms with Crippen LogP contribution in [0.5, 0.6) is 0 Å². The fourth-order valence-corrected chi connectivity index (χ4v) is 14.9. The molecule has 1 unspecified atom stereocenters. The first-order valence-electron chi connectivity index (χ1n) is 19.9. The van der Waals surface area contributed by atoms with Crippen molar-refractivity contribution >= 4 is 62.5 Å². The van der Waals surface area contributed by atoms with E-state index in [-0.39, 0.29) is 52.9 Å². The van der Waals surface area contributed by atoms with Gasteiger partial charge in [0.1, 0.15) is 0 Å². The molecule has 1 fully saturated rings. The summed E-state index contributed by atoms with van der Waals surface area (Å²) in [4.78, 5) is 26.4. The van der Waals surface area contributed by atoms with E-state index in [1.165, 1.54) is 10.4 Å². The lowest BCUT2D eigenvalue weighted by atomic mass is 9.61. The average Bonchev–Trinajstić information content (AvgIpc) is 3.08. The van der Waals surface area contributed by atoms with Crippen molar-refractivity contribution in [3.8, 4) is 0 Å². The highest BCUT2D eigenvalue weighted by molar-refractivity contribution is 9.09. The number of benzene rings is 2. The number of hydrogen-bond donors (Lipinski definition) is 0. The van der Waals surface area contributed by atoms with Crippen LogP contribution in [0.1, 0.15) is 109 Å². The molecule has 5 nitrogen and oxygen atoms in total. The molecule has 0 aromatic heterocycles. The maximum Gasteiger partial charge on any atom is 0.311 e. The van der Waals surface area contributed by atoms with Crippen molar-refractivity contribution in [3.05, 3.63) is 60.7 Å². The van der Waals surface area contributed by atoms with Gasteiger partial charge in [-0.1, -0.05) is 134 Å². The quantitative estimate of drug-likeness (QED) is 0.101. The summed E-state index contributed by atoms with van der Waals surface area (Å²) < 4.78 is 20.5. The van der Waals surface area contributed by atoms with Crippen LogP contribution in [0.3, 0.4) is 0 Å². The van der Waals surface area contributed by atoms with Gasteiger partial charge in [0.2, 0.25) is 0 Å². The Kier molecular flexibility index (Phi) is 16.5. The molecular formula is C45H70Br2O5Si. The summed E-state index contributed by atoms with van der Waals surface area (Å²) >= 11 is 7.81. The second-order valence-electron chi connectivity index (χ2n) is 19.3. The summed E-state index contributed by atoms with van der Waals surface area (Å²) in [6.07, 6.45) is 2.12. The molecule has 0 saturated heterocycles. The third kappa shape index (κ3) is 11.5. The van der Waals surface area contributed by atoms with Crippen molar-refractivity contribution in [2.45, 2.75) is 127 Å². The van der Waals surface area contributed by atoms with Crippen LogP contribution in [0.2, 0.25) is 5.04 Å². The maximum atomic E-state index is 13.2. The van der Waals surface area contributed by atoms with Gasteiger partial charge in [-0.3, -0.25) is 9.59 Å². The highest BCUT2D eigenvalue weighted by Crippen LogP contribution is 2.50. The number of rotatable bonds is 15. The van der Waals surface area contributed by atoms with E-state index in [2.05, 4.69) is 141 Å². The molecule has 0 radical (unpaired) electrons. The monoisotopic (exact) mass is 876 g/mol. The number of hydrogen-bond acceptors (Lipinski definition) is 5. The van der Waals surface area contributed by atoms with Crippen molar-refractivity contribution in [3.63, 3.8) is 0 Å². The van der Waals surface area contributed by atoms with E-state index in [9.17, 15) is 9.59 Å². The Labute approximate surface area is 340 Å². The maximum absolute atomic E-state index is 13.2. The Morgan fingerprint density at radius 3 is 1.66 bits per heavy atom. The summed E-state index contributed by atoms with van der Waals surface area (Å²) in [5.41, 5.74) is -1.16. The first kappa shape index (κ1) is 45.9. The lowest BCUT2D eigenvalue weighted by Gasteiger charge is -2.53. The van der Waals surface area contributed by atoms with Crippen LogP contribution < -0.4 is 10.4 Å². The number of carbonyl (C=O) groups excluding carboxylic acids is 2. The van der Waals surface area contributed by atoms with Gasteiger partial charge in [-0.15, -0.1) is 0 Å². The lowest BCUT2D eigenvalue weighted by molar-refractivity contribution is -0.159. The molecule has 8 heteroatoms. The van der Waals surface area contributed by atoms with Crippen molar-refractivity contribution in [2.75, 3.05) is 17.3 Å². The summed E-state index contributed by atoms with van der Waals surface area (Å²) in [5.74, 6) is 1.46. The van der Waals surface area contributed by atoms with Crippen molar-refractivity contribution in [2.24, 2.45) is 52.3 Å². The third-order valence-corrected chi connectivity index (χ3v) is 18.4. The highest BCUT2D eigenvalue weighted by Gasteiger charge is 2.55. The van der Waals surface area contributed by atoms with Gasteiger partial charge in [0, 0.05) is 16.8 Å². The summed E-state index contributed by atoms with van der Waals surface area (Å²) in [6.45, 7) is 28.0. The number of carbonyl (C=O) groups is 2. The normalized spacial score (nSPS) is 22.5. The molecule has 0 amide bonds.